The molecular weight excluding hydrogens is 400 g/mol. The van der Waals surface area contributed by atoms with Crippen molar-refractivity contribution < 1.29 is 13.9 Å². The predicted octanol–water partition coefficient (Wildman–Crippen LogP) is 6.80. The van der Waals surface area contributed by atoms with Gasteiger partial charge in [-0.3, -0.25) is 4.79 Å². The average Bonchev–Trinajstić information content (AvgIpc) is 3.22. The molecule has 32 heavy (non-hydrogen) atoms. The number of fused-ring (bicyclic) bond motifs is 1. The number of oxazole rings is 1. The van der Waals surface area contributed by atoms with Crippen LogP contribution in [0.5, 0.6) is 5.75 Å². The molecule has 5 nitrogen and oxygen atoms in total. The summed E-state index contributed by atoms with van der Waals surface area (Å²) in [4.78, 5) is 17.6. The number of hydrogen-bond acceptors (Lipinski definition) is 4. The molecule has 4 rings (SSSR count). The van der Waals surface area contributed by atoms with Gasteiger partial charge in [-0.1, -0.05) is 44.2 Å². The number of para-hydroxylation sites is 1. The topological polar surface area (TPSA) is 64.4 Å². The lowest BCUT2D eigenvalue weighted by Gasteiger charge is -2.25. The highest BCUT2D eigenvalue weighted by Gasteiger charge is 2.30. The first-order chi connectivity index (χ1) is 15.4. The van der Waals surface area contributed by atoms with E-state index in [2.05, 4.69) is 36.3 Å². The number of carbonyl (C=O) groups excluding carboxylic acids is 1. The van der Waals surface area contributed by atoms with E-state index in [9.17, 15) is 4.79 Å². The van der Waals surface area contributed by atoms with Crippen LogP contribution in [0.2, 0.25) is 0 Å². The highest BCUT2D eigenvalue weighted by Crippen LogP contribution is 2.29. The summed E-state index contributed by atoms with van der Waals surface area (Å²) in [5, 5.41) is 2.94. The van der Waals surface area contributed by atoms with Crippen molar-refractivity contribution in [1.82, 2.24) is 4.98 Å². The van der Waals surface area contributed by atoms with Gasteiger partial charge in [0.05, 0.1) is 0 Å². The Morgan fingerprint density at radius 1 is 1.06 bits per heavy atom. The Morgan fingerprint density at radius 3 is 2.59 bits per heavy atom. The molecule has 4 aromatic rings. The molecule has 0 saturated carbocycles. The average molecular weight is 429 g/mol. The number of ether oxygens (including phenoxy) is 1. The molecule has 3 aromatic carbocycles. The van der Waals surface area contributed by atoms with Crippen molar-refractivity contribution in [2.75, 3.05) is 5.32 Å². The van der Waals surface area contributed by atoms with Crippen LogP contribution in [0.1, 0.15) is 45.6 Å². The minimum absolute atomic E-state index is 0.241. The van der Waals surface area contributed by atoms with Crippen LogP contribution >= 0.6 is 0 Å². The molecule has 164 valence electrons. The fourth-order valence-corrected chi connectivity index (χ4v) is 3.45. The van der Waals surface area contributed by atoms with Gasteiger partial charge in [0.1, 0.15) is 11.3 Å². The number of nitrogens with one attached hydrogen (secondary N) is 1. The van der Waals surface area contributed by atoms with E-state index in [0.717, 1.165) is 23.1 Å². The predicted molar refractivity (Wildman–Crippen MR) is 128 cm³/mol. The van der Waals surface area contributed by atoms with Gasteiger partial charge in [0.25, 0.3) is 5.91 Å². The fraction of sp³-hybridized carbons (Fsp3) is 0.259. The van der Waals surface area contributed by atoms with Crippen molar-refractivity contribution in [1.29, 1.82) is 0 Å². The molecule has 0 radical (unpaired) electrons. The summed E-state index contributed by atoms with van der Waals surface area (Å²) in [5.74, 6) is 1.40. The van der Waals surface area contributed by atoms with Gasteiger partial charge in [-0.05, 0) is 74.2 Å². The van der Waals surface area contributed by atoms with Crippen LogP contribution in [-0.2, 0) is 4.79 Å². The van der Waals surface area contributed by atoms with Gasteiger partial charge < -0.3 is 14.5 Å². The molecule has 0 aliphatic carbocycles. The van der Waals surface area contributed by atoms with E-state index in [-0.39, 0.29) is 5.91 Å². The lowest BCUT2D eigenvalue weighted by atomic mass is 9.98. The van der Waals surface area contributed by atoms with E-state index >= 15 is 0 Å². The number of nitrogens with zero attached hydrogens (tertiary/aromatic N) is 1. The maximum Gasteiger partial charge on any atom is 0.267 e. The quantitative estimate of drug-likeness (QED) is 0.351. The Bertz CT molecular complexity index is 1230. The molecule has 0 spiro atoms. The number of hydrogen-bond donors (Lipinski definition) is 1. The molecule has 1 unspecified atom stereocenters. The molecule has 0 aliphatic rings. The summed E-state index contributed by atoms with van der Waals surface area (Å²) in [6.07, 6.45) is 1.07. The monoisotopic (exact) mass is 428 g/mol. The highest BCUT2D eigenvalue weighted by atomic mass is 16.5. The molecule has 0 saturated heterocycles. The first-order valence-corrected chi connectivity index (χ1v) is 10.9. The van der Waals surface area contributed by atoms with Crippen molar-refractivity contribution in [2.24, 2.45) is 0 Å². The summed E-state index contributed by atoms with van der Waals surface area (Å²) in [6.45, 7) is 7.87. The number of rotatable bonds is 7. The third-order valence-electron chi connectivity index (χ3n) is 5.62. The van der Waals surface area contributed by atoms with Crippen LogP contribution in [0.15, 0.2) is 77.2 Å². The second-order valence-electron chi connectivity index (χ2n) is 8.52. The number of aromatic nitrogens is 1. The second-order valence-corrected chi connectivity index (χ2v) is 8.52. The Kier molecular flexibility index (Phi) is 5.99. The zero-order valence-electron chi connectivity index (χ0n) is 18.9. The van der Waals surface area contributed by atoms with Crippen LogP contribution in [0, 0.1) is 0 Å². The maximum absolute atomic E-state index is 12.9. The van der Waals surface area contributed by atoms with Gasteiger partial charge in [0, 0.05) is 11.3 Å². The Labute approximate surface area is 188 Å². The van der Waals surface area contributed by atoms with Gasteiger partial charge in [-0.25, -0.2) is 4.98 Å². The Morgan fingerprint density at radius 2 is 1.84 bits per heavy atom. The van der Waals surface area contributed by atoms with Crippen molar-refractivity contribution >= 4 is 22.7 Å². The SMILES string of the molecule is CCC(C)c1ccc2oc(-c3cccc(NC(=O)C(C)(C)Oc4ccccc4)c3)nc2c1. The second kappa shape index (κ2) is 8.87. The van der Waals surface area contributed by atoms with Crippen molar-refractivity contribution in [2.45, 2.75) is 45.6 Å². The summed E-state index contributed by atoms with van der Waals surface area (Å²) in [7, 11) is 0. The first kappa shape index (κ1) is 21.6. The van der Waals surface area contributed by atoms with Crippen molar-refractivity contribution in [3.05, 3.63) is 78.4 Å². The van der Waals surface area contributed by atoms with E-state index in [1.165, 1.54) is 5.56 Å². The molecule has 5 heteroatoms. The molecule has 1 amide bonds. The zero-order chi connectivity index (χ0) is 22.7. The van der Waals surface area contributed by atoms with Gasteiger partial charge >= 0.3 is 0 Å². The molecule has 1 atom stereocenters. The third-order valence-corrected chi connectivity index (χ3v) is 5.62. The summed E-state index contributed by atoms with van der Waals surface area (Å²) < 4.78 is 11.9. The maximum atomic E-state index is 12.9. The standard InChI is InChI=1S/C27H28N2O3/c1-5-18(2)19-14-15-24-23(17-19)29-25(31-24)20-10-9-11-21(16-20)28-26(30)27(3,4)32-22-12-7-6-8-13-22/h6-18H,5H2,1-4H3,(H,28,30). The van der Waals surface area contributed by atoms with E-state index in [0.29, 0.717) is 23.2 Å². The van der Waals surface area contributed by atoms with Crippen LogP contribution in [0.3, 0.4) is 0 Å². The largest absolute Gasteiger partial charge is 0.478 e. The smallest absolute Gasteiger partial charge is 0.267 e. The van der Waals surface area contributed by atoms with Gasteiger partial charge in [-0.15, -0.1) is 0 Å². The van der Waals surface area contributed by atoms with E-state index in [1.807, 2.05) is 60.7 Å². The minimum Gasteiger partial charge on any atom is -0.478 e. The molecule has 1 aromatic heterocycles. The normalized spacial score (nSPS) is 12.5. The van der Waals surface area contributed by atoms with Gasteiger partial charge in [-0.2, -0.15) is 0 Å². The zero-order valence-corrected chi connectivity index (χ0v) is 18.9. The molecule has 1 N–H and O–H groups in total. The third kappa shape index (κ3) is 4.67. The van der Waals surface area contributed by atoms with Gasteiger partial charge in [0.2, 0.25) is 5.89 Å². The van der Waals surface area contributed by atoms with Crippen LogP contribution in [-0.4, -0.2) is 16.5 Å². The van der Waals surface area contributed by atoms with E-state index < -0.39 is 5.60 Å². The number of benzene rings is 3. The molecular formula is C27H28N2O3. The van der Waals surface area contributed by atoms with Crippen molar-refractivity contribution in [3.63, 3.8) is 0 Å². The highest BCUT2D eigenvalue weighted by molar-refractivity contribution is 5.97. The fourth-order valence-electron chi connectivity index (χ4n) is 3.45. The lowest BCUT2D eigenvalue weighted by Crippen LogP contribution is -2.42. The van der Waals surface area contributed by atoms with Crippen molar-refractivity contribution in [3.8, 4) is 17.2 Å². The van der Waals surface area contributed by atoms with E-state index in [4.69, 9.17) is 9.15 Å². The minimum atomic E-state index is -1.04. The summed E-state index contributed by atoms with van der Waals surface area (Å²) in [5.41, 5.74) is 3.25. The number of amides is 1. The lowest BCUT2D eigenvalue weighted by molar-refractivity contribution is -0.128. The summed E-state index contributed by atoms with van der Waals surface area (Å²) >= 11 is 0. The van der Waals surface area contributed by atoms with Crippen LogP contribution < -0.4 is 10.1 Å². The Balaban J connectivity index is 1.54. The van der Waals surface area contributed by atoms with E-state index in [1.54, 1.807) is 13.8 Å². The number of carbonyl (C=O) groups is 1. The van der Waals surface area contributed by atoms with Gasteiger partial charge in [0.15, 0.2) is 11.2 Å². The molecule has 1 heterocycles. The Hall–Kier alpha value is -3.60. The molecule has 0 bridgehead atoms. The van der Waals surface area contributed by atoms with Crippen LogP contribution in [0.4, 0.5) is 5.69 Å². The first-order valence-electron chi connectivity index (χ1n) is 10.9. The number of anilines is 1. The summed E-state index contributed by atoms with van der Waals surface area (Å²) in [6, 6.07) is 23.0. The molecule has 0 fully saturated rings. The molecule has 0 aliphatic heterocycles. The van der Waals surface area contributed by atoms with Crippen LogP contribution in [0.25, 0.3) is 22.6 Å².